The number of benzene rings is 2. The molecule has 2 aromatic rings. The summed E-state index contributed by atoms with van der Waals surface area (Å²) in [6.07, 6.45) is 0. The van der Waals surface area contributed by atoms with Gasteiger partial charge in [0.2, 0.25) is 0 Å². The molecule has 0 amide bonds. The van der Waals surface area contributed by atoms with E-state index in [4.69, 9.17) is 15.2 Å². The molecule has 0 heterocycles. The number of ether oxygens (including phenoxy) is 2. The van der Waals surface area contributed by atoms with Gasteiger partial charge in [0.1, 0.15) is 17.2 Å². The summed E-state index contributed by atoms with van der Waals surface area (Å²) in [4.78, 5) is 0. The number of methoxy groups -OCH3 is 1. The van der Waals surface area contributed by atoms with Crippen LogP contribution < -0.4 is 15.2 Å². The highest BCUT2D eigenvalue weighted by Gasteiger charge is 2.15. The maximum atomic E-state index is 6.06. The Hall–Kier alpha value is -2.00. The number of rotatable bonds is 5. The summed E-state index contributed by atoms with van der Waals surface area (Å²) in [6.45, 7) is 6.26. The van der Waals surface area contributed by atoms with E-state index >= 15 is 0 Å². The lowest BCUT2D eigenvalue weighted by Crippen LogP contribution is -2.08. The van der Waals surface area contributed by atoms with E-state index in [1.165, 1.54) is 5.56 Å². The first-order chi connectivity index (χ1) is 10.0. The molecule has 0 aliphatic rings. The van der Waals surface area contributed by atoms with Gasteiger partial charge in [-0.3, -0.25) is 0 Å². The average molecular weight is 285 g/mol. The molecule has 0 aromatic heterocycles. The summed E-state index contributed by atoms with van der Waals surface area (Å²) >= 11 is 0. The predicted molar refractivity (Wildman–Crippen MR) is 86.2 cm³/mol. The van der Waals surface area contributed by atoms with Crippen molar-refractivity contribution in [2.45, 2.75) is 32.7 Å². The number of hydrogen-bond acceptors (Lipinski definition) is 3. The van der Waals surface area contributed by atoms with Gasteiger partial charge in [-0.1, -0.05) is 32.0 Å². The van der Waals surface area contributed by atoms with Crippen molar-refractivity contribution in [3.05, 3.63) is 53.6 Å². The third kappa shape index (κ3) is 3.56. The first kappa shape index (κ1) is 15.4. The first-order valence-corrected chi connectivity index (χ1v) is 7.23. The van der Waals surface area contributed by atoms with Crippen LogP contribution in [-0.4, -0.2) is 7.11 Å². The standard InChI is InChI=1S/C18H23NO2/c1-12(2)14-7-5-8-15(11-14)21-17-10-6-9-16(20-4)18(17)13(3)19/h5-13H,19H2,1-4H3/t13-/m1/s1. The Kier molecular flexibility index (Phi) is 4.86. The topological polar surface area (TPSA) is 44.5 Å². The minimum absolute atomic E-state index is 0.163. The van der Waals surface area contributed by atoms with Crippen LogP contribution in [0.25, 0.3) is 0 Å². The van der Waals surface area contributed by atoms with Crippen molar-refractivity contribution in [3.63, 3.8) is 0 Å². The van der Waals surface area contributed by atoms with Gasteiger partial charge in [0.15, 0.2) is 0 Å². The van der Waals surface area contributed by atoms with Crippen molar-refractivity contribution < 1.29 is 9.47 Å². The maximum Gasteiger partial charge on any atom is 0.135 e. The lowest BCUT2D eigenvalue weighted by molar-refractivity contribution is 0.397. The molecular formula is C18H23NO2. The minimum atomic E-state index is -0.163. The molecule has 21 heavy (non-hydrogen) atoms. The lowest BCUT2D eigenvalue weighted by atomic mass is 10.0. The van der Waals surface area contributed by atoms with E-state index in [1.54, 1.807) is 7.11 Å². The lowest BCUT2D eigenvalue weighted by Gasteiger charge is -2.17. The fraction of sp³-hybridized carbons (Fsp3) is 0.333. The smallest absolute Gasteiger partial charge is 0.135 e. The molecule has 0 aliphatic heterocycles. The molecule has 0 unspecified atom stereocenters. The van der Waals surface area contributed by atoms with E-state index in [1.807, 2.05) is 37.3 Å². The maximum absolute atomic E-state index is 6.06. The van der Waals surface area contributed by atoms with Crippen LogP contribution in [-0.2, 0) is 0 Å². The van der Waals surface area contributed by atoms with Crippen molar-refractivity contribution >= 4 is 0 Å². The summed E-state index contributed by atoms with van der Waals surface area (Å²) < 4.78 is 11.4. The molecule has 0 bridgehead atoms. The van der Waals surface area contributed by atoms with Crippen LogP contribution in [0.3, 0.4) is 0 Å². The van der Waals surface area contributed by atoms with Gasteiger partial charge in [-0.15, -0.1) is 0 Å². The Morgan fingerprint density at radius 3 is 2.24 bits per heavy atom. The van der Waals surface area contributed by atoms with Gasteiger partial charge in [0, 0.05) is 6.04 Å². The molecule has 0 radical (unpaired) electrons. The van der Waals surface area contributed by atoms with Gasteiger partial charge in [-0.05, 0) is 42.7 Å². The Labute approximate surface area is 126 Å². The highest BCUT2D eigenvalue weighted by Crippen LogP contribution is 2.36. The zero-order valence-electron chi connectivity index (χ0n) is 13.1. The van der Waals surface area contributed by atoms with Crippen LogP contribution in [0.4, 0.5) is 0 Å². The van der Waals surface area contributed by atoms with Crippen LogP contribution in [0.1, 0.15) is 43.9 Å². The second kappa shape index (κ2) is 6.64. The molecule has 2 N–H and O–H groups in total. The van der Waals surface area contributed by atoms with Crippen molar-refractivity contribution in [3.8, 4) is 17.2 Å². The van der Waals surface area contributed by atoms with Crippen LogP contribution >= 0.6 is 0 Å². The van der Waals surface area contributed by atoms with E-state index in [0.29, 0.717) is 5.92 Å². The third-order valence-electron chi connectivity index (χ3n) is 3.45. The Morgan fingerprint density at radius 2 is 1.62 bits per heavy atom. The Morgan fingerprint density at radius 1 is 0.952 bits per heavy atom. The molecule has 2 rings (SSSR count). The average Bonchev–Trinajstić information content (AvgIpc) is 2.46. The van der Waals surface area contributed by atoms with Gasteiger partial charge < -0.3 is 15.2 Å². The summed E-state index contributed by atoms with van der Waals surface area (Å²) in [7, 11) is 1.64. The van der Waals surface area contributed by atoms with Gasteiger partial charge in [-0.2, -0.15) is 0 Å². The molecule has 0 saturated heterocycles. The summed E-state index contributed by atoms with van der Waals surface area (Å²) in [5, 5.41) is 0. The van der Waals surface area contributed by atoms with Crippen LogP contribution in [0.2, 0.25) is 0 Å². The zero-order valence-corrected chi connectivity index (χ0v) is 13.1. The SMILES string of the molecule is COc1cccc(Oc2cccc(C(C)C)c2)c1[C@@H](C)N. The highest BCUT2D eigenvalue weighted by molar-refractivity contribution is 5.48. The van der Waals surface area contributed by atoms with Gasteiger partial charge in [-0.25, -0.2) is 0 Å². The largest absolute Gasteiger partial charge is 0.496 e. The van der Waals surface area contributed by atoms with Crippen LogP contribution in [0.5, 0.6) is 17.2 Å². The number of hydrogen-bond donors (Lipinski definition) is 1. The molecule has 1 atom stereocenters. The Bertz CT molecular complexity index is 606. The molecule has 0 fully saturated rings. The van der Waals surface area contributed by atoms with Crippen LogP contribution in [0, 0.1) is 0 Å². The van der Waals surface area contributed by atoms with E-state index in [-0.39, 0.29) is 6.04 Å². The molecule has 3 heteroatoms. The molecule has 2 aromatic carbocycles. The predicted octanol–water partition coefficient (Wildman–Crippen LogP) is 4.63. The van der Waals surface area contributed by atoms with Crippen molar-refractivity contribution in [1.82, 2.24) is 0 Å². The minimum Gasteiger partial charge on any atom is -0.496 e. The second-order valence-electron chi connectivity index (χ2n) is 5.49. The molecule has 0 saturated carbocycles. The fourth-order valence-electron chi connectivity index (χ4n) is 2.30. The summed E-state index contributed by atoms with van der Waals surface area (Å²) in [5.74, 6) is 2.77. The highest BCUT2D eigenvalue weighted by atomic mass is 16.5. The molecule has 112 valence electrons. The molecule has 3 nitrogen and oxygen atoms in total. The summed E-state index contributed by atoms with van der Waals surface area (Å²) in [6, 6.07) is 13.7. The number of nitrogens with two attached hydrogens (primary N) is 1. The second-order valence-corrected chi connectivity index (χ2v) is 5.49. The van der Waals surface area contributed by atoms with Crippen LogP contribution in [0.15, 0.2) is 42.5 Å². The van der Waals surface area contributed by atoms with E-state index < -0.39 is 0 Å². The fourth-order valence-corrected chi connectivity index (χ4v) is 2.30. The van der Waals surface area contributed by atoms with E-state index in [2.05, 4.69) is 26.0 Å². The van der Waals surface area contributed by atoms with Crippen molar-refractivity contribution in [2.75, 3.05) is 7.11 Å². The van der Waals surface area contributed by atoms with Crippen molar-refractivity contribution in [2.24, 2.45) is 5.73 Å². The van der Waals surface area contributed by atoms with Crippen molar-refractivity contribution in [1.29, 1.82) is 0 Å². The van der Waals surface area contributed by atoms with Gasteiger partial charge in [0.05, 0.1) is 12.7 Å². The normalized spacial score (nSPS) is 12.3. The van der Waals surface area contributed by atoms with Gasteiger partial charge >= 0.3 is 0 Å². The summed E-state index contributed by atoms with van der Waals surface area (Å²) in [5.41, 5.74) is 8.19. The van der Waals surface area contributed by atoms with Gasteiger partial charge in [0.25, 0.3) is 0 Å². The third-order valence-corrected chi connectivity index (χ3v) is 3.45. The first-order valence-electron chi connectivity index (χ1n) is 7.23. The molecule has 0 spiro atoms. The zero-order chi connectivity index (χ0) is 15.4. The Balaban J connectivity index is 2.37. The quantitative estimate of drug-likeness (QED) is 0.871. The molecule has 0 aliphatic carbocycles. The monoisotopic (exact) mass is 285 g/mol. The van der Waals surface area contributed by atoms with E-state index in [0.717, 1.165) is 22.8 Å². The molecular weight excluding hydrogens is 262 g/mol. The van der Waals surface area contributed by atoms with E-state index in [9.17, 15) is 0 Å².